The highest BCUT2D eigenvalue weighted by Crippen LogP contribution is 2.14. The van der Waals surface area contributed by atoms with Gasteiger partial charge in [-0.2, -0.15) is 0 Å². The second-order valence-corrected chi connectivity index (χ2v) is 8.08. The number of aromatic nitrogens is 2. The summed E-state index contributed by atoms with van der Waals surface area (Å²) in [5, 5.41) is 9.90. The average Bonchev–Trinajstić information content (AvgIpc) is 3.14. The van der Waals surface area contributed by atoms with Gasteiger partial charge in [-0.1, -0.05) is 35.4 Å². The van der Waals surface area contributed by atoms with Gasteiger partial charge in [0.05, 0.1) is 10.6 Å². The number of carbonyl (C=O) groups is 2. The largest absolute Gasteiger partial charge is 0.408 e. The van der Waals surface area contributed by atoms with Crippen molar-refractivity contribution in [2.75, 3.05) is 11.1 Å². The van der Waals surface area contributed by atoms with E-state index in [2.05, 4.69) is 15.5 Å². The summed E-state index contributed by atoms with van der Waals surface area (Å²) in [6.45, 7) is 1.44. The molecule has 3 rings (SSSR count). The molecule has 0 radical (unpaired) electrons. The maximum absolute atomic E-state index is 12.3. The van der Waals surface area contributed by atoms with Crippen LogP contribution in [0.1, 0.15) is 33.5 Å². The fraction of sp³-hybridized carbons (Fsp3) is 0.158. The van der Waals surface area contributed by atoms with Gasteiger partial charge >= 0.3 is 6.01 Å². The van der Waals surface area contributed by atoms with Crippen LogP contribution in [0, 0.1) is 0 Å². The van der Waals surface area contributed by atoms with E-state index >= 15 is 0 Å². The van der Waals surface area contributed by atoms with E-state index in [1.165, 1.54) is 31.2 Å². The van der Waals surface area contributed by atoms with Crippen LogP contribution in [-0.2, 0) is 16.3 Å². The van der Waals surface area contributed by atoms with Gasteiger partial charge in [0.25, 0.3) is 5.91 Å². The number of amides is 1. The number of hydrogen-bond donors (Lipinski definition) is 1. The van der Waals surface area contributed by atoms with Crippen molar-refractivity contribution in [3.05, 3.63) is 71.6 Å². The molecule has 0 bridgehead atoms. The van der Waals surface area contributed by atoms with E-state index in [1.807, 2.05) is 0 Å². The lowest BCUT2D eigenvalue weighted by Gasteiger charge is -2.02. The second-order valence-electron chi connectivity index (χ2n) is 5.97. The van der Waals surface area contributed by atoms with E-state index in [0.29, 0.717) is 11.1 Å². The number of nitrogens with one attached hydrogen (secondary N) is 1. The molecule has 0 aliphatic heterocycles. The number of sulfone groups is 1. The zero-order valence-corrected chi connectivity index (χ0v) is 15.8. The number of aryl methyl sites for hydroxylation is 1. The van der Waals surface area contributed by atoms with Crippen molar-refractivity contribution in [3.8, 4) is 0 Å². The van der Waals surface area contributed by atoms with Gasteiger partial charge in [0, 0.05) is 17.5 Å². The smallest absolute Gasteiger partial charge is 0.322 e. The highest BCUT2D eigenvalue weighted by atomic mass is 32.2. The molecule has 0 saturated heterocycles. The Hall–Kier alpha value is -3.33. The summed E-state index contributed by atoms with van der Waals surface area (Å²) < 4.78 is 29.8. The fourth-order valence-electron chi connectivity index (χ4n) is 2.40. The van der Waals surface area contributed by atoms with Crippen LogP contribution in [0.3, 0.4) is 0 Å². The number of hydrogen-bond acceptors (Lipinski definition) is 7. The quantitative estimate of drug-likeness (QED) is 0.606. The first kappa shape index (κ1) is 19.4. The summed E-state index contributed by atoms with van der Waals surface area (Å²) in [6.07, 6.45) is 0.0212. The van der Waals surface area contributed by atoms with E-state index in [9.17, 15) is 18.0 Å². The lowest BCUT2D eigenvalue weighted by Crippen LogP contribution is -2.12. The summed E-state index contributed by atoms with van der Waals surface area (Å²) in [5.41, 5.74) is 0.813. The monoisotopic (exact) mass is 399 g/mol. The Morgan fingerprint density at radius 3 is 2.25 bits per heavy atom. The van der Waals surface area contributed by atoms with Crippen molar-refractivity contribution in [2.45, 2.75) is 18.2 Å². The Morgan fingerprint density at radius 1 is 0.964 bits per heavy atom. The molecule has 3 aromatic rings. The number of Topliss-reactive ketones (excluding diaryl/α,β-unsaturated/α-hetero) is 1. The van der Waals surface area contributed by atoms with Gasteiger partial charge in [0.15, 0.2) is 15.6 Å². The maximum Gasteiger partial charge on any atom is 0.322 e. The van der Waals surface area contributed by atoms with E-state index in [0.717, 1.165) is 0 Å². The molecule has 8 nitrogen and oxygen atoms in total. The highest BCUT2D eigenvalue weighted by molar-refractivity contribution is 7.91. The molecular formula is C19H17N3O5S. The van der Waals surface area contributed by atoms with Crippen molar-refractivity contribution < 1.29 is 22.4 Å². The van der Waals surface area contributed by atoms with Crippen LogP contribution in [0.15, 0.2) is 63.9 Å². The topological polar surface area (TPSA) is 119 Å². The van der Waals surface area contributed by atoms with Gasteiger partial charge in [-0.15, -0.1) is 5.10 Å². The summed E-state index contributed by atoms with van der Waals surface area (Å²) in [4.78, 5) is 23.7. The first-order valence-electron chi connectivity index (χ1n) is 8.38. The first-order chi connectivity index (χ1) is 13.3. The molecule has 1 heterocycles. The second kappa shape index (κ2) is 8.13. The van der Waals surface area contributed by atoms with E-state index in [-0.39, 0.29) is 34.8 Å². The molecule has 9 heteroatoms. The highest BCUT2D eigenvalue weighted by Gasteiger charge is 2.17. The first-order valence-corrected chi connectivity index (χ1v) is 10.0. The minimum atomic E-state index is -3.47. The zero-order chi connectivity index (χ0) is 20.1. The lowest BCUT2D eigenvalue weighted by molar-refractivity contribution is 0.100. The Kier molecular flexibility index (Phi) is 5.65. The molecule has 0 fully saturated rings. The molecule has 2 aromatic carbocycles. The van der Waals surface area contributed by atoms with Gasteiger partial charge in [-0.25, -0.2) is 8.42 Å². The lowest BCUT2D eigenvalue weighted by atomic mass is 10.1. The van der Waals surface area contributed by atoms with Crippen LogP contribution in [0.5, 0.6) is 0 Å². The molecule has 1 amide bonds. The fourth-order valence-corrected chi connectivity index (χ4v) is 3.65. The van der Waals surface area contributed by atoms with Crippen molar-refractivity contribution in [1.82, 2.24) is 10.2 Å². The van der Waals surface area contributed by atoms with Crippen LogP contribution in [-0.4, -0.2) is 36.1 Å². The van der Waals surface area contributed by atoms with Gasteiger partial charge in [0.2, 0.25) is 5.89 Å². The Morgan fingerprint density at radius 2 is 1.61 bits per heavy atom. The number of nitrogens with zero attached hydrogens (tertiary/aromatic N) is 2. The van der Waals surface area contributed by atoms with Crippen LogP contribution in [0.25, 0.3) is 0 Å². The molecule has 1 N–H and O–H groups in total. The third-order valence-corrected chi connectivity index (χ3v) is 5.66. The Labute approximate surface area is 161 Å². The number of benzene rings is 2. The number of carbonyl (C=O) groups excluding carboxylic acids is 2. The molecule has 1 aromatic heterocycles. The minimum Gasteiger partial charge on any atom is -0.408 e. The van der Waals surface area contributed by atoms with Crippen LogP contribution in [0.2, 0.25) is 0 Å². The van der Waals surface area contributed by atoms with Gasteiger partial charge < -0.3 is 4.42 Å². The van der Waals surface area contributed by atoms with Gasteiger partial charge in [0.1, 0.15) is 0 Å². The Balaban J connectivity index is 1.61. The van der Waals surface area contributed by atoms with Crippen molar-refractivity contribution in [2.24, 2.45) is 0 Å². The molecule has 0 saturated carbocycles. The molecule has 0 aliphatic rings. The SMILES string of the molecule is CC(=O)c1ccc(C(=O)Nc2nnc(CCS(=O)(=O)c3ccccc3)o2)cc1. The third-order valence-electron chi connectivity index (χ3n) is 3.93. The molecule has 0 spiro atoms. The zero-order valence-electron chi connectivity index (χ0n) is 15.0. The summed E-state index contributed by atoms with van der Waals surface area (Å²) in [5.74, 6) is -0.679. The number of anilines is 1. The predicted molar refractivity (Wildman–Crippen MR) is 101 cm³/mol. The molecular weight excluding hydrogens is 382 g/mol. The van der Waals surface area contributed by atoms with E-state index < -0.39 is 15.7 Å². The summed E-state index contributed by atoms with van der Waals surface area (Å²) in [7, 11) is -3.47. The van der Waals surface area contributed by atoms with Gasteiger partial charge in [-0.05, 0) is 31.2 Å². The van der Waals surface area contributed by atoms with Crippen molar-refractivity contribution in [3.63, 3.8) is 0 Å². The van der Waals surface area contributed by atoms with Gasteiger partial charge in [-0.3, -0.25) is 14.9 Å². The van der Waals surface area contributed by atoms with E-state index in [4.69, 9.17) is 4.42 Å². The van der Waals surface area contributed by atoms with Crippen LogP contribution in [0.4, 0.5) is 6.01 Å². The number of rotatable bonds is 7. The molecule has 28 heavy (non-hydrogen) atoms. The van der Waals surface area contributed by atoms with E-state index in [1.54, 1.807) is 30.3 Å². The third kappa shape index (κ3) is 4.68. The normalized spacial score (nSPS) is 11.2. The summed E-state index contributed by atoms with van der Waals surface area (Å²) >= 11 is 0. The predicted octanol–water partition coefficient (Wildman–Crippen LogP) is 2.54. The maximum atomic E-state index is 12.3. The summed E-state index contributed by atoms with van der Waals surface area (Å²) in [6, 6.07) is 14.1. The molecule has 0 atom stereocenters. The molecule has 0 unspecified atom stereocenters. The van der Waals surface area contributed by atoms with Crippen LogP contribution >= 0.6 is 0 Å². The molecule has 0 aliphatic carbocycles. The van der Waals surface area contributed by atoms with Crippen molar-refractivity contribution in [1.29, 1.82) is 0 Å². The number of ketones is 1. The van der Waals surface area contributed by atoms with Crippen molar-refractivity contribution >= 4 is 27.5 Å². The standard InChI is InChI=1S/C19H17N3O5S/c1-13(23)14-7-9-15(10-8-14)18(24)20-19-22-21-17(27-19)11-12-28(25,26)16-5-3-2-4-6-16/h2-10H,11-12H2,1H3,(H,20,22,24). The molecule has 144 valence electrons. The van der Waals surface area contributed by atoms with Crippen LogP contribution < -0.4 is 5.32 Å². The Bertz CT molecular complexity index is 1090. The minimum absolute atomic E-state index is 0.0212. The average molecular weight is 399 g/mol.